The molecule has 0 saturated heterocycles. The molecule has 7 saturated carbocycles. The first-order valence-corrected chi connectivity index (χ1v) is 24.8. The zero-order valence-electron chi connectivity index (χ0n) is 42.5. The molecule has 0 radical (unpaired) electrons. The van der Waals surface area contributed by atoms with Gasteiger partial charge in [0.05, 0.1) is 0 Å². The molecule has 7 fully saturated rings. The summed E-state index contributed by atoms with van der Waals surface area (Å²) in [4.78, 5) is 0. The first-order chi connectivity index (χ1) is 24.8. The van der Waals surface area contributed by atoms with Gasteiger partial charge in [-0.2, -0.15) is 0 Å². The van der Waals surface area contributed by atoms with Crippen LogP contribution in [-0.4, -0.2) is 0 Å². The smallest absolute Gasteiger partial charge is 0.0326 e. The summed E-state index contributed by atoms with van der Waals surface area (Å²) in [5.41, 5.74) is 2.83. The minimum absolute atomic E-state index is 0.542. The lowest BCUT2D eigenvalue weighted by molar-refractivity contribution is 0.398. The normalized spacial score (nSPS) is 28.7. The lowest BCUT2D eigenvalue weighted by atomic mass is 9.94. The zero-order valence-corrected chi connectivity index (χ0v) is 42.5. The average molecular weight is 761 g/mol. The maximum Gasteiger partial charge on any atom is -0.0326 e. The third-order valence-corrected chi connectivity index (χ3v) is 15.5. The Labute approximate surface area is 347 Å². The molecule has 328 valence electrons. The molecule has 0 N–H and O–H groups in total. The molecular formula is C54H112. The average Bonchev–Trinajstić information content (AvgIpc) is 3.93. The summed E-state index contributed by atoms with van der Waals surface area (Å²) in [5.74, 6) is 10.4. The second-order valence-corrected chi connectivity index (χ2v) is 23.0. The van der Waals surface area contributed by atoms with E-state index in [4.69, 9.17) is 0 Å². The summed E-state index contributed by atoms with van der Waals surface area (Å²) in [6.07, 6.45) is 25.9. The van der Waals surface area contributed by atoms with E-state index in [0.717, 1.165) is 70.0 Å². The van der Waals surface area contributed by atoms with Crippen molar-refractivity contribution in [3.05, 3.63) is 0 Å². The molecule has 7 aliphatic rings. The SMILES string of the molecule is CC(C)C1CC1.CC1C(C)C1C.CCC(C)(C)C.CCC(C)CC.CCC1(C)CC1.CCC1(C)CC1.CCC1C[C@@H]1C.CCCC1CC1.C[C@H]1CC1(C)C. The van der Waals surface area contributed by atoms with Gasteiger partial charge in [0.25, 0.3) is 0 Å². The molecule has 7 rings (SSSR count). The third-order valence-electron chi connectivity index (χ3n) is 15.5. The van der Waals surface area contributed by atoms with E-state index in [1.54, 1.807) is 0 Å². The maximum absolute atomic E-state index is 2.35. The van der Waals surface area contributed by atoms with Crippen molar-refractivity contribution in [2.75, 3.05) is 0 Å². The Morgan fingerprint density at radius 2 is 0.944 bits per heavy atom. The van der Waals surface area contributed by atoms with Crippen LogP contribution in [0.5, 0.6) is 0 Å². The van der Waals surface area contributed by atoms with Crippen LogP contribution in [-0.2, 0) is 0 Å². The molecule has 1 unspecified atom stereocenters. The highest BCUT2D eigenvalue weighted by Crippen LogP contribution is 2.51. The van der Waals surface area contributed by atoms with E-state index >= 15 is 0 Å². The summed E-state index contributed by atoms with van der Waals surface area (Å²) < 4.78 is 0. The first-order valence-electron chi connectivity index (χ1n) is 24.8. The van der Waals surface area contributed by atoms with Crippen molar-refractivity contribution < 1.29 is 0 Å². The van der Waals surface area contributed by atoms with E-state index in [0.29, 0.717) is 10.8 Å². The third kappa shape index (κ3) is 34.1. The Morgan fingerprint density at radius 1 is 0.611 bits per heavy atom. The number of hydrogen-bond donors (Lipinski definition) is 0. The molecule has 0 bridgehead atoms. The van der Waals surface area contributed by atoms with E-state index in [1.165, 1.54) is 116 Å². The topological polar surface area (TPSA) is 0 Å². The van der Waals surface area contributed by atoms with E-state index in [2.05, 4.69) is 152 Å². The van der Waals surface area contributed by atoms with Gasteiger partial charge in [-0.25, -0.2) is 0 Å². The van der Waals surface area contributed by atoms with Crippen LogP contribution >= 0.6 is 0 Å². The molecule has 0 spiro atoms. The standard InChI is InChI=1S/7C6H12.2C6H14/c1-5-4-6(5,2)3;1-5(2)6-3-4-6;1-4-5(2)6(4)3;2*1-3-6(2)4-5-6;1-3-6-4-5(6)2;1-2-3-6-4-5-6;1-5-6(2,3)4;1-4-6(3)5-2/h5H,4H2,1-3H3;5-6H,3-4H2,1-2H3;4-6H,1-3H3;2*3-5H2,1-2H3;5-6H,3-4H2,1-2H3;6H,2-5H2,1H3;5H2,1-4H3;6H,4-5H2,1-3H3/t5-;;;;;5-,6?;;;/m0....0.../s1. The number of hydrogen-bond acceptors (Lipinski definition) is 0. The van der Waals surface area contributed by atoms with Crippen molar-refractivity contribution in [2.45, 2.75) is 268 Å². The highest BCUT2D eigenvalue weighted by molar-refractivity contribution is 4.91. The fourth-order valence-electron chi connectivity index (χ4n) is 5.61. The van der Waals surface area contributed by atoms with Gasteiger partial charge in [-0.3, -0.25) is 0 Å². The lowest BCUT2D eigenvalue weighted by Crippen LogP contribution is -2.00. The van der Waals surface area contributed by atoms with Crippen LogP contribution in [0.4, 0.5) is 0 Å². The molecule has 54 heavy (non-hydrogen) atoms. The minimum Gasteiger partial charge on any atom is -0.0654 e. The van der Waals surface area contributed by atoms with Crippen LogP contribution in [0.1, 0.15) is 268 Å². The fraction of sp³-hybridized carbons (Fsp3) is 1.00. The largest absolute Gasteiger partial charge is 0.0654 e. The van der Waals surface area contributed by atoms with Gasteiger partial charge in [-0.15, -0.1) is 0 Å². The molecule has 0 aromatic carbocycles. The molecular weight excluding hydrogens is 649 g/mol. The first kappa shape index (κ1) is 56.1. The molecule has 0 amide bonds. The van der Waals surface area contributed by atoms with E-state index < -0.39 is 0 Å². The van der Waals surface area contributed by atoms with Gasteiger partial charge in [-0.05, 0) is 132 Å². The Kier molecular flexibility index (Phi) is 28.7. The van der Waals surface area contributed by atoms with Crippen LogP contribution in [0.15, 0.2) is 0 Å². The van der Waals surface area contributed by atoms with Crippen LogP contribution in [0, 0.1) is 80.8 Å². The summed E-state index contributed by atoms with van der Waals surface area (Å²) in [6.45, 7) is 50.3. The lowest BCUT2D eigenvalue weighted by Gasteiger charge is -2.12. The van der Waals surface area contributed by atoms with Crippen molar-refractivity contribution in [3.63, 3.8) is 0 Å². The monoisotopic (exact) mass is 761 g/mol. The van der Waals surface area contributed by atoms with Crippen molar-refractivity contribution in [3.8, 4) is 0 Å². The van der Waals surface area contributed by atoms with E-state index in [-0.39, 0.29) is 0 Å². The summed E-state index contributed by atoms with van der Waals surface area (Å²) in [7, 11) is 0. The fourth-order valence-corrected chi connectivity index (χ4v) is 5.61. The molecule has 0 aliphatic heterocycles. The Morgan fingerprint density at radius 3 is 0.963 bits per heavy atom. The van der Waals surface area contributed by atoms with E-state index in [1.807, 2.05) is 0 Å². The summed E-state index contributed by atoms with van der Waals surface area (Å²) in [6, 6.07) is 0. The second-order valence-electron chi connectivity index (χ2n) is 23.0. The van der Waals surface area contributed by atoms with Gasteiger partial charge in [0.15, 0.2) is 0 Å². The van der Waals surface area contributed by atoms with Crippen molar-refractivity contribution >= 4 is 0 Å². The molecule has 3 atom stereocenters. The van der Waals surface area contributed by atoms with Gasteiger partial charge >= 0.3 is 0 Å². The highest BCUT2D eigenvalue weighted by Gasteiger charge is 2.41. The summed E-state index contributed by atoms with van der Waals surface area (Å²) >= 11 is 0. The van der Waals surface area contributed by atoms with Crippen LogP contribution < -0.4 is 0 Å². The molecule has 0 aromatic rings. The summed E-state index contributed by atoms with van der Waals surface area (Å²) in [5, 5.41) is 0. The predicted octanol–water partition coefficient (Wildman–Crippen LogP) is 19.5. The Balaban J connectivity index is 0. The predicted molar refractivity (Wildman–Crippen MR) is 253 cm³/mol. The quantitative estimate of drug-likeness (QED) is 0.231. The van der Waals surface area contributed by atoms with Crippen LogP contribution in [0.25, 0.3) is 0 Å². The molecule has 0 heteroatoms. The van der Waals surface area contributed by atoms with E-state index in [9.17, 15) is 0 Å². The molecule has 7 aliphatic carbocycles. The molecule has 0 aromatic heterocycles. The van der Waals surface area contributed by atoms with Crippen molar-refractivity contribution in [1.29, 1.82) is 0 Å². The minimum atomic E-state index is 0.542. The van der Waals surface area contributed by atoms with Gasteiger partial charge in [0, 0.05) is 0 Å². The Hall–Kier alpha value is 0. The van der Waals surface area contributed by atoms with Crippen LogP contribution in [0.3, 0.4) is 0 Å². The van der Waals surface area contributed by atoms with Gasteiger partial charge in [0.2, 0.25) is 0 Å². The molecule has 0 nitrogen and oxygen atoms in total. The van der Waals surface area contributed by atoms with Gasteiger partial charge < -0.3 is 0 Å². The maximum atomic E-state index is 2.35. The molecule has 0 heterocycles. The van der Waals surface area contributed by atoms with Gasteiger partial charge in [-0.1, -0.05) is 217 Å². The highest BCUT2D eigenvalue weighted by atomic mass is 14.5. The van der Waals surface area contributed by atoms with Gasteiger partial charge in [0.1, 0.15) is 0 Å². The number of rotatable bonds is 8. The van der Waals surface area contributed by atoms with Crippen molar-refractivity contribution in [2.24, 2.45) is 80.8 Å². The zero-order chi connectivity index (χ0) is 42.5. The van der Waals surface area contributed by atoms with Crippen molar-refractivity contribution in [1.82, 2.24) is 0 Å². The Bertz CT molecular complexity index is 781. The second kappa shape index (κ2) is 27.6. The van der Waals surface area contributed by atoms with Crippen LogP contribution in [0.2, 0.25) is 0 Å².